The van der Waals surface area contributed by atoms with Gasteiger partial charge in [0.1, 0.15) is 5.41 Å². The van der Waals surface area contributed by atoms with E-state index in [0.29, 0.717) is 32.4 Å². The summed E-state index contributed by atoms with van der Waals surface area (Å²) < 4.78 is 33.4. The highest BCUT2D eigenvalue weighted by Crippen LogP contribution is 2.47. The van der Waals surface area contributed by atoms with E-state index in [1.165, 1.54) is 0 Å². The van der Waals surface area contributed by atoms with Crippen LogP contribution in [-0.2, 0) is 37.3 Å². The van der Waals surface area contributed by atoms with Gasteiger partial charge in [0.25, 0.3) is 0 Å². The zero-order chi connectivity index (χ0) is 19.9. The minimum atomic E-state index is -3.66. The van der Waals surface area contributed by atoms with E-state index in [9.17, 15) is 18.0 Å². The number of fused-ring (bicyclic) bond motifs is 1. The van der Waals surface area contributed by atoms with Gasteiger partial charge in [-0.25, -0.2) is 13.1 Å². The van der Waals surface area contributed by atoms with Crippen molar-refractivity contribution in [3.63, 3.8) is 0 Å². The average Bonchev–Trinajstić information content (AvgIpc) is 3.34. The molecule has 2 amide bonds. The van der Waals surface area contributed by atoms with Crippen LogP contribution in [0.4, 0.5) is 0 Å². The van der Waals surface area contributed by atoms with E-state index in [2.05, 4.69) is 4.72 Å². The van der Waals surface area contributed by atoms with Gasteiger partial charge >= 0.3 is 0 Å². The molecular formula is C19H25N3O5S. The molecule has 1 aliphatic carbocycles. The minimum Gasteiger partial charge on any atom is -0.377 e. The van der Waals surface area contributed by atoms with Crippen LogP contribution in [-0.4, -0.2) is 50.9 Å². The fraction of sp³-hybridized carbons (Fsp3) is 0.579. The lowest BCUT2D eigenvalue weighted by atomic mass is 9.97. The normalized spacial score (nSPS) is 23.3. The number of benzene rings is 1. The third-order valence-electron chi connectivity index (χ3n) is 5.94. The lowest BCUT2D eigenvalue weighted by Gasteiger charge is -2.31. The summed E-state index contributed by atoms with van der Waals surface area (Å²) in [5.74, 6) is -0.812. The summed E-state index contributed by atoms with van der Waals surface area (Å²) in [6.45, 7) is 1.72. The highest BCUT2D eigenvalue weighted by molar-refractivity contribution is 7.89. The first kappa shape index (κ1) is 19.4. The molecule has 0 spiro atoms. The molecular weight excluding hydrogens is 382 g/mol. The van der Waals surface area contributed by atoms with E-state index in [0.717, 1.165) is 24.0 Å². The third-order valence-corrected chi connectivity index (χ3v) is 7.36. The van der Waals surface area contributed by atoms with E-state index >= 15 is 0 Å². The van der Waals surface area contributed by atoms with E-state index in [1.54, 1.807) is 23.1 Å². The summed E-state index contributed by atoms with van der Waals surface area (Å²) in [6.07, 6.45) is 3.33. The molecule has 0 radical (unpaired) electrons. The van der Waals surface area contributed by atoms with Crippen molar-refractivity contribution in [1.29, 1.82) is 0 Å². The molecule has 2 heterocycles. The number of nitrogens with two attached hydrogens (primary N) is 1. The van der Waals surface area contributed by atoms with E-state index in [4.69, 9.17) is 10.5 Å². The zero-order valence-corrected chi connectivity index (χ0v) is 16.5. The van der Waals surface area contributed by atoms with E-state index in [-0.39, 0.29) is 30.0 Å². The number of sulfonamides is 1. The Labute approximate surface area is 164 Å². The highest BCUT2D eigenvalue weighted by atomic mass is 32.2. The van der Waals surface area contributed by atoms with Crippen molar-refractivity contribution in [3.8, 4) is 0 Å². The molecule has 152 valence electrons. The second-order valence-corrected chi connectivity index (χ2v) is 9.61. The Morgan fingerprint density at radius 2 is 2.07 bits per heavy atom. The van der Waals surface area contributed by atoms with Gasteiger partial charge < -0.3 is 15.4 Å². The van der Waals surface area contributed by atoms with Crippen LogP contribution in [0, 0.1) is 5.41 Å². The Morgan fingerprint density at radius 3 is 2.71 bits per heavy atom. The molecule has 4 rings (SSSR count). The highest BCUT2D eigenvalue weighted by Gasteiger charge is 2.57. The van der Waals surface area contributed by atoms with Crippen LogP contribution in [0.5, 0.6) is 0 Å². The number of hydrogen-bond acceptors (Lipinski definition) is 5. The fourth-order valence-electron chi connectivity index (χ4n) is 3.96. The number of ether oxygens (including phenoxy) is 1. The molecule has 0 aromatic heterocycles. The molecule has 0 bridgehead atoms. The van der Waals surface area contributed by atoms with Crippen molar-refractivity contribution >= 4 is 21.8 Å². The Bertz CT molecular complexity index is 904. The maximum atomic E-state index is 12.7. The summed E-state index contributed by atoms with van der Waals surface area (Å²) in [7, 11) is -3.66. The Hall–Kier alpha value is -1.97. The summed E-state index contributed by atoms with van der Waals surface area (Å²) in [5, 5.41) is 0. The first-order chi connectivity index (χ1) is 13.3. The molecule has 1 aromatic rings. The number of nitrogens with zero attached hydrogens (tertiary/aromatic N) is 1. The van der Waals surface area contributed by atoms with Gasteiger partial charge in [0.15, 0.2) is 0 Å². The molecule has 1 atom stereocenters. The molecule has 3 N–H and O–H groups in total. The summed E-state index contributed by atoms with van der Waals surface area (Å²) in [4.78, 5) is 26.2. The zero-order valence-electron chi connectivity index (χ0n) is 15.6. The second kappa shape index (κ2) is 7.13. The number of nitrogens with one attached hydrogen (secondary N) is 1. The van der Waals surface area contributed by atoms with E-state index < -0.39 is 21.3 Å². The van der Waals surface area contributed by atoms with Gasteiger partial charge in [0.05, 0.1) is 11.0 Å². The topological polar surface area (TPSA) is 119 Å². The minimum absolute atomic E-state index is 0.0796. The van der Waals surface area contributed by atoms with Gasteiger partial charge in [-0.05, 0) is 55.4 Å². The second-order valence-electron chi connectivity index (χ2n) is 7.84. The maximum absolute atomic E-state index is 12.7. The van der Waals surface area contributed by atoms with Gasteiger partial charge in [-0.3, -0.25) is 9.59 Å². The number of hydrogen-bond donors (Lipinski definition) is 2. The van der Waals surface area contributed by atoms with Gasteiger partial charge in [0, 0.05) is 26.2 Å². The molecule has 1 saturated carbocycles. The molecule has 1 aromatic carbocycles. The predicted molar refractivity (Wildman–Crippen MR) is 101 cm³/mol. The molecule has 9 heteroatoms. The molecule has 3 aliphatic rings. The first-order valence-electron chi connectivity index (χ1n) is 9.64. The molecule has 2 fully saturated rings. The van der Waals surface area contributed by atoms with Crippen molar-refractivity contribution in [2.75, 3.05) is 19.7 Å². The lowest BCUT2D eigenvalue weighted by Crippen LogP contribution is -2.45. The Balaban J connectivity index is 1.49. The third kappa shape index (κ3) is 3.54. The summed E-state index contributed by atoms with van der Waals surface area (Å²) in [5.41, 5.74) is 6.18. The number of carbonyl (C=O) groups is 2. The van der Waals surface area contributed by atoms with Crippen LogP contribution in [0.25, 0.3) is 0 Å². The van der Waals surface area contributed by atoms with Crippen LogP contribution in [0.1, 0.15) is 36.8 Å². The Morgan fingerprint density at radius 1 is 1.29 bits per heavy atom. The number of primary amides is 1. The van der Waals surface area contributed by atoms with Gasteiger partial charge in [-0.2, -0.15) is 0 Å². The van der Waals surface area contributed by atoms with E-state index in [1.807, 2.05) is 0 Å². The lowest BCUT2D eigenvalue weighted by molar-refractivity contribution is -0.143. The molecule has 2 aliphatic heterocycles. The SMILES string of the molecule is NC(=O)C1(C(=O)N2CCc3ccc(S(=O)(=O)NC[C@@H]4CCCO4)cc3C2)CC1. The average molecular weight is 407 g/mol. The van der Waals surface area contributed by atoms with Gasteiger partial charge in [0.2, 0.25) is 21.8 Å². The van der Waals surface area contributed by atoms with Crippen molar-refractivity contribution in [2.24, 2.45) is 11.1 Å². The summed E-state index contributed by atoms with van der Waals surface area (Å²) >= 11 is 0. The molecule has 1 saturated heterocycles. The molecule has 8 nitrogen and oxygen atoms in total. The van der Waals surface area contributed by atoms with Crippen molar-refractivity contribution < 1.29 is 22.7 Å². The predicted octanol–water partition coefficient (Wildman–Crippen LogP) is 0.294. The van der Waals surface area contributed by atoms with Gasteiger partial charge in [-0.15, -0.1) is 0 Å². The first-order valence-corrected chi connectivity index (χ1v) is 11.1. The van der Waals surface area contributed by atoms with Gasteiger partial charge in [-0.1, -0.05) is 6.07 Å². The number of amides is 2. The number of rotatable bonds is 6. The Kier molecular flexibility index (Phi) is 4.93. The monoisotopic (exact) mass is 407 g/mol. The largest absolute Gasteiger partial charge is 0.377 e. The van der Waals surface area contributed by atoms with Crippen molar-refractivity contribution in [3.05, 3.63) is 29.3 Å². The van der Waals surface area contributed by atoms with Crippen LogP contribution in [0.15, 0.2) is 23.1 Å². The molecule has 28 heavy (non-hydrogen) atoms. The standard InChI is InChI=1S/C19H25N3O5S/c20-17(23)19(6-7-19)18(24)22-8-5-13-3-4-16(10-14(13)12-22)28(25,26)21-11-15-2-1-9-27-15/h3-4,10,15,21H,1-2,5-9,11-12H2,(H2,20,23)/t15-/m0/s1. The van der Waals surface area contributed by atoms with Crippen molar-refractivity contribution in [1.82, 2.24) is 9.62 Å². The fourth-order valence-corrected chi connectivity index (χ4v) is 5.08. The van der Waals surface area contributed by atoms with Crippen LogP contribution in [0.2, 0.25) is 0 Å². The maximum Gasteiger partial charge on any atom is 0.240 e. The quantitative estimate of drug-likeness (QED) is 0.657. The molecule has 0 unspecified atom stereocenters. The summed E-state index contributed by atoms with van der Waals surface area (Å²) in [6, 6.07) is 5.02. The van der Waals surface area contributed by atoms with Crippen LogP contribution >= 0.6 is 0 Å². The van der Waals surface area contributed by atoms with Crippen LogP contribution in [0.3, 0.4) is 0 Å². The number of carbonyl (C=O) groups excluding carboxylic acids is 2. The van der Waals surface area contributed by atoms with Crippen molar-refractivity contribution in [2.45, 2.75) is 49.6 Å². The van der Waals surface area contributed by atoms with Crippen LogP contribution < -0.4 is 10.5 Å². The smallest absolute Gasteiger partial charge is 0.240 e.